The van der Waals surface area contributed by atoms with Crippen LogP contribution in [0.4, 0.5) is 13.2 Å². The minimum Gasteiger partial charge on any atom is -0.439 e. The van der Waals surface area contributed by atoms with Crippen molar-refractivity contribution in [3.8, 4) is 11.6 Å². The first kappa shape index (κ1) is 20.4. The SMILES string of the molecule is O=C(CCc1ccc(C(F)(F)F)cc1)NCc1cccc(Oc2ccccn2)c1. The Morgan fingerprint density at radius 2 is 1.76 bits per heavy atom. The smallest absolute Gasteiger partial charge is 0.416 e. The van der Waals surface area contributed by atoms with E-state index in [4.69, 9.17) is 4.74 Å². The number of nitrogens with one attached hydrogen (secondary N) is 1. The summed E-state index contributed by atoms with van der Waals surface area (Å²) < 4.78 is 43.4. The lowest BCUT2D eigenvalue weighted by Crippen LogP contribution is -2.23. The van der Waals surface area contributed by atoms with Gasteiger partial charge in [-0.05, 0) is 47.9 Å². The van der Waals surface area contributed by atoms with E-state index in [1.807, 2.05) is 24.3 Å². The fourth-order valence-corrected chi connectivity index (χ4v) is 2.65. The quantitative estimate of drug-likeness (QED) is 0.597. The highest BCUT2D eigenvalue weighted by molar-refractivity contribution is 5.76. The Hall–Kier alpha value is -3.35. The zero-order valence-corrected chi connectivity index (χ0v) is 15.4. The normalized spacial score (nSPS) is 11.1. The number of benzene rings is 2. The van der Waals surface area contributed by atoms with Crippen LogP contribution in [0.15, 0.2) is 72.9 Å². The average molecular weight is 400 g/mol. The Morgan fingerprint density at radius 1 is 0.966 bits per heavy atom. The lowest BCUT2D eigenvalue weighted by atomic mass is 10.1. The van der Waals surface area contributed by atoms with Gasteiger partial charge in [0.25, 0.3) is 0 Å². The third-order valence-electron chi connectivity index (χ3n) is 4.17. The van der Waals surface area contributed by atoms with E-state index in [0.29, 0.717) is 30.2 Å². The largest absolute Gasteiger partial charge is 0.439 e. The van der Waals surface area contributed by atoms with E-state index < -0.39 is 11.7 Å². The number of rotatable bonds is 7. The molecule has 150 valence electrons. The zero-order valence-electron chi connectivity index (χ0n) is 15.4. The molecule has 0 aliphatic carbocycles. The second-order valence-electron chi connectivity index (χ2n) is 6.39. The van der Waals surface area contributed by atoms with Gasteiger partial charge in [-0.1, -0.05) is 30.3 Å². The molecule has 3 aromatic rings. The van der Waals surface area contributed by atoms with E-state index in [0.717, 1.165) is 17.7 Å². The van der Waals surface area contributed by atoms with E-state index >= 15 is 0 Å². The minimum absolute atomic E-state index is 0.180. The summed E-state index contributed by atoms with van der Waals surface area (Å²) in [5.41, 5.74) is 0.846. The molecule has 0 unspecified atom stereocenters. The van der Waals surface area contributed by atoms with Crippen molar-refractivity contribution in [1.29, 1.82) is 0 Å². The van der Waals surface area contributed by atoms with Crippen molar-refractivity contribution in [3.05, 3.63) is 89.6 Å². The number of alkyl halides is 3. The highest BCUT2D eigenvalue weighted by Gasteiger charge is 2.29. The standard InChI is InChI=1S/C22H19F3N2O2/c23-22(24,25)18-10-7-16(8-11-18)9-12-20(28)27-15-17-4-3-5-19(14-17)29-21-6-1-2-13-26-21/h1-8,10-11,13-14H,9,12,15H2,(H,27,28). The minimum atomic E-state index is -4.36. The van der Waals surface area contributed by atoms with Gasteiger partial charge in [0.1, 0.15) is 5.75 Å². The van der Waals surface area contributed by atoms with Crippen LogP contribution < -0.4 is 10.1 Å². The molecule has 0 aliphatic heterocycles. The number of amides is 1. The second-order valence-corrected chi connectivity index (χ2v) is 6.39. The van der Waals surface area contributed by atoms with Crippen LogP contribution in [-0.2, 0) is 23.9 Å². The van der Waals surface area contributed by atoms with Crippen molar-refractivity contribution >= 4 is 5.91 Å². The predicted octanol–water partition coefficient (Wildman–Crippen LogP) is 5.14. The van der Waals surface area contributed by atoms with Crippen LogP contribution in [0.1, 0.15) is 23.1 Å². The van der Waals surface area contributed by atoms with Crippen LogP contribution in [0.2, 0.25) is 0 Å². The summed E-state index contributed by atoms with van der Waals surface area (Å²) in [6.07, 6.45) is -2.16. The molecule has 0 aliphatic rings. The number of carbonyl (C=O) groups is 1. The average Bonchev–Trinajstić information content (AvgIpc) is 2.71. The first-order valence-electron chi connectivity index (χ1n) is 9.01. The molecular weight excluding hydrogens is 381 g/mol. The Balaban J connectivity index is 1.47. The fourth-order valence-electron chi connectivity index (χ4n) is 2.65. The molecule has 7 heteroatoms. The molecule has 1 amide bonds. The van der Waals surface area contributed by atoms with Crippen LogP contribution in [-0.4, -0.2) is 10.9 Å². The van der Waals surface area contributed by atoms with E-state index in [-0.39, 0.29) is 12.3 Å². The number of carbonyl (C=O) groups excluding carboxylic acids is 1. The molecule has 1 N–H and O–H groups in total. The maximum atomic E-state index is 12.6. The highest BCUT2D eigenvalue weighted by atomic mass is 19.4. The molecule has 0 saturated heterocycles. The van der Waals surface area contributed by atoms with Crippen molar-refractivity contribution < 1.29 is 22.7 Å². The monoisotopic (exact) mass is 400 g/mol. The van der Waals surface area contributed by atoms with E-state index in [9.17, 15) is 18.0 Å². The highest BCUT2D eigenvalue weighted by Crippen LogP contribution is 2.29. The lowest BCUT2D eigenvalue weighted by Gasteiger charge is -2.09. The van der Waals surface area contributed by atoms with E-state index in [1.54, 1.807) is 24.4 Å². The van der Waals surface area contributed by atoms with Crippen LogP contribution in [0, 0.1) is 0 Å². The van der Waals surface area contributed by atoms with Gasteiger partial charge in [0.05, 0.1) is 5.56 Å². The summed E-state index contributed by atoms with van der Waals surface area (Å²) in [5, 5.41) is 2.81. The summed E-state index contributed by atoms with van der Waals surface area (Å²) >= 11 is 0. The van der Waals surface area contributed by atoms with E-state index in [1.165, 1.54) is 12.1 Å². The predicted molar refractivity (Wildman–Crippen MR) is 102 cm³/mol. The molecule has 4 nitrogen and oxygen atoms in total. The molecule has 29 heavy (non-hydrogen) atoms. The van der Waals surface area contributed by atoms with Crippen molar-refractivity contribution in [2.45, 2.75) is 25.6 Å². The Morgan fingerprint density at radius 3 is 2.45 bits per heavy atom. The van der Waals surface area contributed by atoms with Crippen LogP contribution in [0.5, 0.6) is 11.6 Å². The number of ether oxygens (including phenoxy) is 1. The van der Waals surface area contributed by atoms with Gasteiger partial charge in [-0.15, -0.1) is 0 Å². The van der Waals surface area contributed by atoms with Gasteiger partial charge >= 0.3 is 6.18 Å². The summed E-state index contributed by atoms with van der Waals surface area (Å²) in [6, 6.07) is 17.5. The third kappa shape index (κ3) is 6.34. The fraction of sp³-hybridized carbons (Fsp3) is 0.182. The summed E-state index contributed by atoms with van der Waals surface area (Å²) in [6.45, 7) is 0.325. The van der Waals surface area contributed by atoms with E-state index in [2.05, 4.69) is 10.3 Å². The Bertz CT molecular complexity index is 942. The van der Waals surface area contributed by atoms with Crippen molar-refractivity contribution in [2.24, 2.45) is 0 Å². The molecule has 0 saturated carbocycles. The molecule has 0 spiro atoms. The van der Waals surface area contributed by atoms with Crippen molar-refractivity contribution in [1.82, 2.24) is 10.3 Å². The van der Waals surface area contributed by atoms with Crippen LogP contribution in [0.3, 0.4) is 0 Å². The molecule has 0 radical (unpaired) electrons. The third-order valence-corrected chi connectivity index (χ3v) is 4.17. The molecular formula is C22H19F3N2O2. The number of aryl methyl sites for hydroxylation is 1. The van der Waals surface area contributed by atoms with Crippen LogP contribution in [0.25, 0.3) is 0 Å². The summed E-state index contributed by atoms with van der Waals surface area (Å²) in [7, 11) is 0. The number of hydrogen-bond acceptors (Lipinski definition) is 3. The van der Waals surface area contributed by atoms with Crippen molar-refractivity contribution in [3.63, 3.8) is 0 Å². The van der Waals surface area contributed by atoms with Gasteiger partial charge in [0.15, 0.2) is 0 Å². The first-order valence-corrected chi connectivity index (χ1v) is 9.01. The molecule has 0 bridgehead atoms. The number of nitrogens with zero attached hydrogens (tertiary/aromatic N) is 1. The number of pyridine rings is 1. The van der Waals surface area contributed by atoms with Gasteiger partial charge in [0, 0.05) is 25.2 Å². The topological polar surface area (TPSA) is 51.2 Å². The molecule has 1 heterocycles. The zero-order chi connectivity index (χ0) is 20.7. The molecule has 0 fully saturated rings. The number of halogens is 3. The Labute approximate surface area is 166 Å². The lowest BCUT2D eigenvalue weighted by molar-refractivity contribution is -0.137. The Kier molecular flexibility index (Phi) is 6.49. The van der Waals surface area contributed by atoms with Crippen LogP contribution >= 0.6 is 0 Å². The van der Waals surface area contributed by atoms with Gasteiger partial charge in [-0.2, -0.15) is 13.2 Å². The maximum absolute atomic E-state index is 12.6. The number of hydrogen-bond donors (Lipinski definition) is 1. The maximum Gasteiger partial charge on any atom is 0.416 e. The molecule has 1 aromatic heterocycles. The summed E-state index contributed by atoms with van der Waals surface area (Å²) in [5.74, 6) is 0.909. The van der Waals surface area contributed by atoms with Crippen molar-refractivity contribution in [2.75, 3.05) is 0 Å². The first-order chi connectivity index (χ1) is 13.9. The molecule has 3 rings (SSSR count). The number of aromatic nitrogens is 1. The van der Waals surface area contributed by atoms with Gasteiger partial charge in [-0.25, -0.2) is 4.98 Å². The molecule has 0 atom stereocenters. The van der Waals surface area contributed by atoms with Gasteiger partial charge in [-0.3, -0.25) is 4.79 Å². The summed E-state index contributed by atoms with van der Waals surface area (Å²) in [4.78, 5) is 16.2. The van der Waals surface area contributed by atoms with Gasteiger partial charge in [0.2, 0.25) is 11.8 Å². The molecule has 2 aromatic carbocycles. The van der Waals surface area contributed by atoms with Gasteiger partial charge < -0.3 is 10.1 Å². The second kappa shape index (κ2) is 9.23.